The summed E-state index contributed by atoms with van der Waals surface area (Å²) in [6.45, 7) is 2.02. The van der Waals surface area contributed by atoms with Crippen LogP contribution in [0.25, 0.3) is 0 Å². The van der Waals surface area contributed by atoms with Crippen LogP contribution in [0.15, 0.2) is 42.5 Å². The van der Waals surface area contributed by atoms with Crippen molar-refractivity contribution < 1.29 is 9.59 Å². The summed E-state index contributed by atoms with van der Waals surface area (Å²) >= 11 is 5.90. The monoisotopic (exact) mass is 354 g/mol. The number of nitrogens with zero attached hydrogens (tertiary/aromatic N) is 1. The summed E-state index contributed by atoms with van der Waals surface area (Å²) in [6.07, 6.45) is 3.28. The molecular weight excluding hydrogens is 336 g/mol. The molecule has 2 aliphatic rings. The Balaban J connectivity index is 1.62. The number of halogens is 1. The predicted octanol–water partition coefficient (Wildman–Crippen LogP) is 3.80. The van der Waals surface area contributed by atoms with Gasteiger partial charge in [0.05, 0.1) is 6.54 Å². The van der Waals surface area contributed by atoms with E-state index in [1.807, 2.05) is 18.2 Å². The van der Waals surface area contributed by atoms with E-state index in [1.165, 1.54) is 16.0 Å². The SMILES string of the molecule is CC1(c2ccc3c(c2)CCC3)NC(=O)N(Cc2ccc(Cl)cc2)C1=O. The second-order valence-corrected chi connectivity index (χ2v) is 7.35. The molecule has 0 radical (unpaired) electrons. The van der Waals surface area contributed by atoms with E-state index in [4.69, 9.17) is 11.6 Å². The molecule has 128 valence electrons. The van der Waals surface area contributed by atoms with Gasteiger partial charge in [0, 0.05) is 5.02 Å². The van der Waals surface area contributed by atoms with E-state index >= 15 is 0 Å². The molecule has 1 aliphatic carbocycles. The van der Waals surface area contributed by atoms with Crippen molar-refractivity contribution in [2.24, 2.45) is 0 Å². The Morgan fingerprint density at radius 3 is 2.56 bits per heavy atom. The first-order chi connectivity index (χ1) is 12.0. The Morgan fingerprint density at radius 2 is 1.80 bits per heavy atom. The van der Waals surface area contributed by atoms with Crippen LogP contribution in [0.5, 0.6) is 0 Å². The quantitative estimate of drug-likeness (QED) is 0.852. The predicted molar refractivity (Wildman–Crippen MR) is 96.4 cm³/mol. The highest BCUT2D eigenvalue weighted by molar-refractivity contribution is 6.30. The zero-order chi connectivity index (χ0) is 17.6. The third kappa shape index (κ3) is 2.71. The molecule has 1 atom stereocenters. The lowest BCUT2D eigenvalue weighted by Crippen LogP contribution is -2.40. The standard InChI is InChI=1S/C20H19ClN2O2/c1-20(16-8-7-14-3-2-4-15(14)11-16)18(24)23(19(25)22-20)12-13-5-9-17(21)10-6-13/h5-11H,2-4,12H2,1H3,(H,22,25). The number of aryl methyl sites for hydroxylation is 2. The maximum Gasteiger partial charge on any atom is 0.325 e. The van der Waals surface area contributed by atoms with E-state index in [0.29, 0.717) is 5.02 Å². The molecule has 3 amide bonds. The number of nitrogens with one attached hydrogen (secondary N) is 1. The number of rotatable bonds is 3. The number of amides is 3. The molecular formula is C20H19ClN2O2. The number of hydrogen-bond donors (Lipinski definition) is 1. The fraction of sp³-hybridized carbons (Fsp3) is 0.300. The van der Waals surface area contributed by atoms with Crippen LogP contribution < -0.4 is 5.32 Å². The summed E-state index contributed by atoms with van der Waals surface area (Å²) in [5.41, 5.74) is 3.34. The third-order valence-corrected chi connectivity index (χ3v) is 5.46. The zero-order valence-corrected chi connectivity index (χ0v) is 14.8. The normalized spacial score (nSPS) is 22.2. The lowest BCUT2D eigenvalue weighted by atomic mass is 9.89. The number of urea groups is 1. The van der Waals surface area contributed by atoms with Crippen LogP contribution in [-0.2, 0) is 29.7 Å². The molecule has 1 aliphatic heterocycles. The van der Waals surface area contributed by atoms with Crippen molar-refractivity contribution in [2.45, 2.75) is 38.3 Å². The first-order valence-corrected chi connectivity index (χ1v) is 8.86. The van der Waals surface area contributed by atoms with E-state index in [2.05, 4.69) is 17.4 Å². The van der Waals surface area contributed by atoms with E-state index in [-0.39, 0.29) is 18.5 Å². The van der Waals surface area contributed by atoms with Gasteiger partial charge in [0.25, 0.3) is 5.91 Å². The summed E-state index contributed by atoms with van der Waals surface area (Å²) in [5.74, 6) is -0.217. The molecule has 1 unspecified atom stereocenters. The van der Waals surface area contributed by atoms with Gasteiger partial charge < -0.3 is 5.32 Å². The van der Waals surface area contributed by atoms with Crippen LogP contribution in [0.3, 0.4) is 0 Å². The Bertz CT molecular complexity index is 862. The molecule has 0 aromatic heterocycles. The number of imide groups is 1. The fourth-order valence-corrected chi connectivity index (χ4v) is 3.82. The minimum atomic E-state index is -1.01. The molecule has 0 spiro atoms. The van der Waals surface area contributed by atoms with Gasteiger partial charge in [-0.25, -0.2) is 4.79 Å². The van der Waals surface area contributed by atoms with Gasteiger partial charge in [-0.15, -0.1) is 0 Å². The van der Waals surface area contributed by atoms with Crippen LogP contribution >= 0.6 is 11.6 Å². The average molecular weight is 355 g/mol. The van der Waals surface area contributed by atoms with Crippen LogP contribution in [0, 0.1) is 0 Å². The van der Waals surface area contributed by atoms with Gasteiger partial charge in [-0.2, -0.15) is 0 Å². The Kier molecular flexibility index (Phi) is 3.80. The minimum absolute atomic E-state index is 0.217. The van der Waals surface area contributed by atoms with Crippen molar-refractivity contribution in [2.75, 3.05) is 0 Å². The lowest BCUT2D eigenvalue weighted by Gasteiger charge is -2.23. The average Bonchev–Trinajstić information content (AvgIpc) is 3.15. The summed E-state index contributed by atoms with van der Waals surface area (Å²) < 4.78 is 0. The molecule has 5 heteroatoms. The molecule has 1 fully saturated rings. The topological polar surface area (TPSA) is 49.4 Å². The summed E-state index contributed by atoms with van der Waals surface area (Å²) in [7, 11) is 0. The highest BCUT2D eigenvalue weighted by Gasteiger charge is 2.49. The summed E-state index contributed by atoms with van der Waals surface area (Å²) in [6, 6.07) is 12.9. The molecule has 25 heavy (non-hydrogen) atoms. The number of fused-ring (bicyclic) bond motifs is 1. The molecule has 0 bridgehead atoms. The van der Waals surface area contributed by atoms with Gasteiger partial charge in [0.1, 0.15) is 5.54 Å². The van der Waals surface area contributed by atoms with Crippen molar-refractivity contribution in [1.82, 2.24) is 10.2 Å². The molecule has 4 nitrogen and oxygen atoms in total. The van der Waals surface area contributed by atoms with Crippen molar-refractivity contribution in [3.05, 3.63) is 69.7 Å². The largest absolute Gasteiger partial charge is 0.325 e. The maximum atomic E-state index is 13.0. The zero-order valence-electron chi connectivity index (χ0n) is 14.0. The number of hydrogen-bond acceptors (Lipinski definition) is 2. The second-order valence-electron chi connectivity index (χ2n) is 6.91. The van der Waals surface area contributed by atoms with E-state index < -0.39 is 5.54 Å². The van der Waals surface area contributed by atoms with Crippen molar-refractivity contribution in [3.63, 3.8) is 0 Å². The molecule has 4 rings (SSSR count). The number of carbonyl (C=O) groups excluding carboxylic acids is 2. The first kappa shape index (κ1) is 16.2. The molecule has 2 aromatic rings. The Hall–Kier alpha value is -2.33. The number of benzene rings is 2. The van der Waals surface area contributed by atoms with E-state index in [1.54, 1.807) is 19.1 Å². The van der Waals surface area contributed by atoms with Crippen LogP contribution in [0.1, 0.15) is 35.6 Å². The number of carbonyl (C=O) groups is 2. The Morgan fingerprint density at radius 1 is 1.08 bits per heavy atom. The summed E-state index contributed by atoms with van der Waals surface area (Å²) in [5, 5.41) is 3.51. The lowest BCUT2D eigenvalue weighted by molar-refractivity contribution is -0.131. The molecule has 0 saturated carbocycles. The smallest absolute Gasteiger partial charge is 0.319 e. The highest BCUT2D eigenvalue weighted by atomic mass is 35.5. The van der Waals surface area contributed by atoms with E-state index in [0.717, 1.165) is 30.4 Å². The summed E-state index contributed by atoms with van der Waals surface area (Å²) in [4.78, 5) is 26.7. The highest BCUT2D eigenvalue weighted by Crippen LogP contribution is 2.33. The molecule has 1 saturated heterocycles. The van der Waals surface area contributed by atoms with Crippen LogP contribution in [-0.4, -0.2) is 16.8 Å². The fourth-order valence-electron chi connectivity index (χ4n) is 3.69. The molecule has 2 aromatic carbocycles. The third-order valence-electron chi connectivity index (χ3n) is 5.20. The van der Waals surface area contributed by atoms with Crippen LogP contribution in [0.2, 0.25) is 5.02 Å². The van der Waals surface area contributed by atoms with Gasteiger partial charge in [-0.05, 0) is 60.6 Å². The van der Waals surface area contributed by atoms with Gasteiger partial charge >= 0.3 is 6.03 Å². The van der Waals surface area contributed by atoms with Gasteiger partial charge in [-0.1, -0.05) is 41.9 Å². The van der Waals surface area contributed by atoms with E-state index in [9.17, 15) is 9.59 Å². The van der Waals surface area contributed by atoms with Crippen molar-refractivity contribution in [3.8, 4) is 0 Å². The van der Waals surface area contributed by atoms with Crippen molar-refractivity contribution >= 4 is 23.5 Å². The van der Waals surface area contributed by atoms with Crippen LogP contribution in [0.4, 0.5) is 4.79 Å². The van der Waals surface area contributed by atoms with Crippen molar-refractivity contribution in [1.29, 1.82) is 0 Å². The Labute approximate surface area is 151 Å². The van der Waals surface area contributed by atoms with Gasteiger partial charge in [0.2, 0.25) is 0 Å². The second kappa shape index (κ2) is 5.88. The molecule has 1 heterocycles. The van der Waals surface area contributed by atoms with Gasteiger partial charge in [-0.3, -0.25) is 9.69 Å². The minimum Gasteiger partial charge on any atom is -0.319 e. The van der Waals surface area contributed by atoms with Gasteiger partial charge in [0.15, 0.2) is 0 Å². The maximum absolute atomic E-state index is 13.0. The first-order valence-electron chi connectivity index (χ1n) is 8.48. The molecule has 1 N–H and O–H groups in total.